The van der Waals surface area contributed by atoms with E-state index in [0.29, 0.717) is 23.4 Å². The first-order valence-electron chi connectivity index (χ1n) is 5.61. The number of rotatable bonds is 3. The molecular formula is C13H9Cl2FN2O. The molecule has 2 aromatic heterocycles. The van der Waals surface area contributed by atoms with E-state index in [1.165, 1.54) is 12.1 Å². The van der Waals surface area contributed by atoms with Gasteiger partial charge < -0.3 is 8.98 Å². The lowest BCUT2D eigenvalue weighted by Gasteiger charge is -2.05. The van der Waals surface area contributed by atoms with Crippen molar-refractivity contribution in [3.05, 3.63) is 53.0 Å². The van der Waals surface area contributed by atoms with Gasteiger partial charge in [-0.15, -0.1) is 11.6 Å². The number of imidazole rings is 1. The number of hydrogen-bond acceptors (Lipinski definition) is 2. The second kappa shape index (κ2) is 4.87. The van der Waals surface area contributed by atoms with Crippen LogP contribution in [0.25, 0.3) is 11.0 Å². The highest BCUT2D eigenvalue weighted by molar-refractivity contribution is 6.31. The highest BCUT2D eigenvalue weighted by atomic mass is 35.5. The van der Waals surface area contributed by atoms with Gasteiger partial charge in [-0.3, -0.25) is 0 Å². The molecule has 0 saturated carbocycles. The van der Waals surface area contributed by atoms with Crippen molar-refractivity contribution < 1.29 is 8.81 Å². The Kier molecular flexibility index (Phi) is 3.21. The van der Waals surface area contributed by atoms with Crippen molar-refractivity contribution in [3.63, 3.8) is 0 Å². The third kappa shape index (κ3) is 2.22. The third-order valence-electron chi connectivity index (χ3n) is 2.88. The maximum Gasteiger partial charge on any atom is 0.144 e. The predicted molar refractivity (Wildman–Crippen MR) is 72.1 cm³/mol. The summed E-state index contributed by atoms with van der Waals surface area (Å²) in [5.41, 5.74) is 1.27. The average Bonchev–Trinajstić information content (AvgIpc) is 3.00. The van der Waals surface area contributed by atoms with Crippen LogP contribution in [-0.4, -0.2) is 9.55 Å². The number of fused-ring (bicyclic) bond motifs is 1. The van der Waals surface area contributed by atoms with Gasteiger partial charge in [0.15, 0.2) is 0 Å². The maximum atomic E-state index is 13.6. The number of benzene rings is 1. The van der Waals surface area contributed by atoms with Crippen LogP contribution >= 0.6 is 23.2 Å². The van der Waals surface area contributed by atoms with Crippen LogP contribution in [0.2, 0.25) is 5.02 Å². The lowest BCUT2D eigenvalue weighted by Crippen LogP contribution is -2.03. The Balaban J connectivity index is 2.17. The Bertz CT molecular complexity index is 722. The molecular weight excluding hydrogens is 290 g/mol. The molecule has 0 spiro atoms. The van der Waals surface area contributed by atoms with Gasteiger partial charge >= 0.3 is 0 Å². The van der Waals surface area contributed by atoms with Crippen molar-refractivity contribution in [2.24, 2.45) is 0 Å². The third-order valence-corrected chi connectivity index (χ3v) is 3.41. The van der Waals surface area contributed by atoms with Crippen LogP contribution in [0.5, 0.6) is 0 Å². The van der Waals surface area contributed by atoms with E-state index in [1.54, 1.807) is 12.3 Å². The minimum atomic E-state index is -0.476. The van der Waals surface area contributed by atoms with E-state index in [9.17, 15) is 4.39 Å². The number of halogens is 3. The lowest BCUT2D eigenvalue weighted by molar-refractivity contribution is 0.493. The normalized spacial score (nSPS) is 11.3. The molecule has 0 N–H and O–H groups in total. The van der Waals surface area contributed by atoms with Crippen molar-refractivity contribution in [2.75, 3.05) is 0 Å². The van der Waals surface area contributed by atoms with E-state index in [4.69, 9.17) is 27.6 Å². The summed E-state index contributed by atoms with van der Waals surface area (Å²) in [6.45, 7) is 0.451. The standard InChI is InChI=1S/C13H9Cl2FN2O/c14-6-13-17-11-4-9(15)10(16)5-12(11)18(13)7-8-2-1-3-19-8/h1-5H,6-7H2. The molecule has 2 heterocycles. The van der Waals surface area contributed by atoms with Gasteiger partial charge in [0.1, 0.15) is 17.4 Å². The van der Waals surface area contributed by atoms with Gasteiger partial charge in [-0.2, -0.15) is 0 Å². The summed E-state index contributed by atoms with van der Waals surface area (Å²) in [7, 11) is 0. The fraction of sp³-hybridized carbons (Fsp3) is 0.154. The first-order valence-corrected chi connectivity index (χ1v) is 6.53. The smallest absolute Gasteiger partial charge is 0.144 e. The molecule has 98 valence electrons. The van der Waals surface area contributed by atoms with Gasteiger partial charge in [-0.1, -0.05) is 11.6 Å². The maximum absolute atomic E-state index is 13.6. The molecule has 3 rings (SSSR count). The Morgan fingerprint density at radius 2 is 2.21 bits per heavy atom. The molecule has 0 radical (unpaired) electrons. The quantitative estimate of drug-likeness (QED) is 0.678. The van der Waals surface area contributed by atoms with Gasteiger partial charge in [0, 0.05) is 6.07 Å². The first-order chi connectivity index (χ1) is 9.19. The summed E-state index contributed by atoms with van der Waals surface area (Å²) >= 11 is 11.6. The van der Waals surface area contributed by atoms with Crippen LogP contribution in [-0.2, 0) is 12.4 Å². The van der Waals surface area contributed by atoms with E-state index in [-0.39, 0.29) is 10.9 Å². The molecule has 19 heavy (non-hydrogen) atoms. The molecule has 0 fully saturated rings. The highest BCUT2D eigenvalue weighted by Crippen LogP contribution is 2.25. The van der Waals surface area contributed by atoms with Crippen LogP contribution in [0.1, 0.15) is 11.6 Å². The lowest BCUT2D eigenvalue weighted by atomic mass is 10.3. The molecule has 0 unspecified atom stereocenters. The van der Waals surface area contributed by atoms with Crippen molar-refractivity contribution >= 4 is 34.2 Å². The average molecular weight is 299 g/mol. The molecule has 0 aliphatic rings. The summed E-state index contributed by atoms with van der Waals surface area (Å²) in [5, 5.41) is 0.0521. The molecule has 0 amide bonds. The second-order valence-corrected chi connectivity index (χ2v) is 4.76. The largest absolute Gasteiger partial charge is 0.467 e. The summed E-state index contributed by atoms with van der Waals surface area (Å²) in [6.07, 6.45) is 1.59. The molecule has 3 nitrogen and oxygen atoms in total. The van der Waals surface area contributed by atoms with Crippen molar-refractivity contribution in [3.8, 4) is 0 Å². The molecule has 0 saturated heterocycles. The summed E-state index contributed by atoms with van der Waals surface area (Å²) in [6, 6.07) is 6.51. The SMILES string of the molecule is Fc1cc2c(cc1Cl)nc(CCl)n2Cc1ccco1. The van der Waals surface area contributed by atoms with E-state index < -0.39 is 5.82 Å². The zero-order valence-corrected chi connectivity index (χ0v) is 11.2. The van der Waals surface area contributed by atoms with E-state index in [1.807, 2.05) is 10.6 Å². The monoisotopic (exact) mass is 298 g/mol. The number of hydrogen-bond donors (Lipinski definition) is 0. The van der Waals surface area contributed by atoms with E-state index in [2.05, 4.69) is 4.98 Å². The number of alkyl halides is 1. The van der Waals surface area contributed by atoms with Crippen LogP contribution < -0.4 is 0 Å². The van der Waals surface area contributed by atoms with Gasteiger partial charge in [0.25, 0.3) is 0 Å². The van der Waals surface area contributed by atoms with Crippen LogP contribution in [0, 0.1) is 5.82 Å². The van der Waals surface area contributed by atoms with E-state index >= 15 is 0 Å². The Morgan fingerprint density at radius 1 is 1.37 bits per heavy atom. The van der Waals surface area contributed by atoms with Crippen molar-refractivity contribution in [1.82, 2.24) is 9.55 Å². The van der Waals surface area contributed by atoms with Crippen LogP contribution in [0.3, 0.4) is 0 Å². The molecule has 3 aromatic rings. The Labute approximate surface area is 118 Å². The minimum absolute atomic E-state index is 0.0521. The molecule has 0 bridgehead atoms. The topological polar surface area (TPSA) is 31.0 Å². The van der Waals surface area contributed by atoms with Gasteiger partial charge in [0.05, 0.1) is 34.7 Å². The minimum Gasteiger partial charge on any atom is -0.467 e. The molecule has 0 aliphatic heterocycles. The van der Waals surface area contributed by atoms with Gasteiger partial charge in [-0.25, -0.2) is 9.37 Å². The second-order valence-electron chi connectivity index (χ2n) is 4.08. The van der Waals surface area contributed by atoms with Gasteiger partial charge in [0.2, 0.25) is 0 Å². The Morgan fingerprint density at radius 3 is 2.89 bits per heavy atom. The molecule has 6 heteroatoms. The fourth-order valence-corrected chi connectivity index (χ4v) is 2.37. The summed E-state index contributed by atoms with van der Waals surface area (Å²) in [4.78, 5) is 4.35. The van der Waals surface area contributed by atoms with Crippen molar-refractivity contribution in [2.45, 2.75) is 12.4 Å². The molecule has 0 atom stereocenters. The predicted octanol–water partition coefficient (Wildman–Crippen LogP) is 4.21. The number of nitrogens with zero attached hydrogens (tertiary/aromatic N) is 2. The zero-order chi connectivity index (χ0) is 13.4. The highest BCUT2D eigenvalue weighted by Gasteiger charge is 2.14. The molecule has 0 aliphatic carbocycles. The number of aromatic nitrogens is 2. The van der Waals surface area contributed by atoms with Gasteiger partial charge in [-0.05, 0) is 18.2 Å². The van der Waals surface area contributed by atoms with Crippen LogP contribution in [0.15, 0.2) is 34.9 Å². The van der Waals surface area contributed by atoms with E-state index in [0.717, 1.165) is 5.76 Å². The summed E-state index contributed by atoms with van der Waals surface area (Å²) < 4.78 is 20.7. The van der Waals surface area contributed by atoms with Crippen LogP contribution in [0.4, 0.5) is 4.39 Å². The van der Waals surface area contributed by atoms with Crippen molar-refractivity contribution in [1.29, 1.82) is 0 Å². The summed E-state index contributed by atoms with van der Waals surface area (Å²) in [5.74, 6) is 1.15. The Hall–Kier alpha value is -1.52. The number of furan rings is 1. The first kappa shape index (κ1) is 12.5. The fourth-order valence-electron chi connectivity index (χ4n) is 2.01. The molecule has 1 aromatic carbocycles. The zero-order valence-electron chi connectivity index (χ0n) is 9.74.